The number of H-pyrrole nitrogens is 2. The molecule has 11 heteroatoms. The first-order valence-corrected chi connectivity index (χ1v) is 10.2. The molecule has 0 unspecified atom stereocenters. The second kappa shape index (κ2) is 9.60. The van der Waals surface area contributed by atoms with E-state index in [0.717, 1.165) is 10.9 Å². The maximum absolute atomic E-state index is 12.2. The molecule has 2 amide bonds. The van der Waals surface area contributed by atoms with Crippen molar-refractivity contribution < 1.29 is 18.7 Å². The van der Waals surface area contributed by atoms with Crippen LogP contribution in [0.4, 0.5) is 0 Å². The maximum atomic E-state index is 12.2. The largest absolute Gasteiger partial charge is 0.481 e. The van der Waals surface area contributed by atoms with Gasteiger partial charge in [0, 0.05) is 35.2 Å². The zero-order valence-corrected chi connectivity index (χ0v) is 18.5. The molecule has 10 nitrogen and oxygen atoms in total. The Morgan fingerprint density at radius 2 is 1.91 bits per heavy atom. The topological polar surface area (TPSA) is 146 Å². The number of carbonyl (C=O) groups excluding carboxylic acids is 2. The number of hydrogen-bond acceptors (Lipinski definition) is 7. The number of amides is 2. The molecule has 2 aromatic heterocycles. The number of ether oxygens (including phenoxy) is 1. The Hall–Kier alpha value is -3.73. The smallest absolute Gasteiger partial charge is 0.336 e. The Kier molecular flexibility index (Phi) is 6.89. The highest BCUT2D eigenvalue weighted by atomic mass is 32.1. The van der Waals surface area contributed by atoms with Gasteiger partial charge in [-0.05, 0) is 57.1 Å². The van der Waals surface area contributed by atoms with Crippen molar-refractivity contribution in [2.24, 2.45) is 0 Å². The van der Waals surface area contributed by atoms with Crippen LogP contribution < -0.4 is 26.8 Å². The summed E-state index contributed by atoms with van der Waals surface area (Å²) in [5.41, 5.74) is 5.86. The number of rotatable bonds is 6. The van der Waals surface area contributed by atoms with E-state index >= 15 is 0 Å². The number of hydrogen-bond donors (Lipinski definition) is 4. The summed E-state index contributed by atoms with van der Waals surface area (Å²) in [4.78, 5) is 53.1. The first kappa shape index (κ1) is 22.9. The van der Waals surface area contributed by atoms with E-state index in [-0.39, 0.29) is 23.2 Å². The van der Waals surface area contributed by atoms with Crippen LogP contribution in [-0.4, -0.2) is 27.9 Å². The normalized spacial score (nSPS) is 11.7. The standard InChI is InChI=1S/C21H22N4O6S/c1-10-8-18(27)31-16-9-13(4-5-14(10)16)30-12(3)19(28)25-24-17(26)7-6-15-11(2)22-21(32)23-20(15)29/h4-5,8-9,12H,6-7H2,1-3H3,(H,24,26)(H,25,28)(H2,22,23,29,32)/t12-/m0/s1. The van der Waals surface area contributed by atoms with Crippen molar-refractivity contribution in [2.45, 2.75) is 39.7 Å². The van der Waals surface area contributed by atoms with Crippen LogP contribution in [-0.2, 0) is 16.0 Å². The highest BCUT2D eigenvalue weighted by Crippen LogP contribution is 2.22. The first-order valence-electron chi connectivity index (χ1n) is 9.76. The highest BCUT2D eigenvalue weighted by Gasteiger charge is 2.17. The molecule has 0 aliphatic rings. The minimum Gasteiger partial charge on any atom is -0.481 e. The van der Waals surface area contributed by atoms with Crippen LogP contribution in [0.1, 0.15) is 30.2 Å². The zero-order valence-electron chi connectivity index (χ0n) is 17.7. The SMILES string of the molecule is Cc1[nH]c(=S)[nH]c(=O)c1CCC(=O)NNC(=O)[C@H](C)Oc1ccc2c(C)cc(=O)oc2c1. The van der Waals surface area contributed by atoms with E-state index in [2.05, 4.69) is 20.8 Å². The van der Waals surface area contributed by atoms with Crippen LogP contribution in [0.2, 0.25) is 0 Å². The van der Waals surface area contributed by atoms with E-state index in [4.69, 9.17) is 21.4 Å². The minimum absolute atomic E-state index is 0.0207. The molecule has 2 heterocycles. The van der Waals surface area contributed by atoms with Crippen molar-refractivity contribution in [3.63, 3.8) is 0 Å². The fraction of sp³-hybridized carbons (Fsp3) is 0.286. The van der Waals surface area contributed by atoms with Gasteiger partial charge in [0.2, 0.25) is 5.91 Å². The molecule has 0 fully saturated rings. The van der Waals surface area contributed by atoms with Crippen molar-refractivity contribution in [1.29, 1.82) is 0 Å². The zero-order chi connectivity index (χ0) is 23.4. The van der Waals surface area contributed by atoms with Gasteiger partial charge in [-0.15, -0.1) is 0 Å². The minimum atomic E-state index is -0.941. The molecular formula is C21H22N4O6S. The number of nitrogens with one attached hydrogen (secondary N) is 4. The summed E-state index contributed by atoms with van der Waals surface area (Å²) in [7, 11) is 0. The van der Waals surface area contributed by atoms with Crippen molar-refractivity contribution in [1.82, 2.24) is 20.8 Å². The fourth-order valence-electron chi connectivity index (χ4n) is 3.10. The first-order chi connectivity index (χ1) is 15.1. The highest BCUT2D eigenvalue weighted by molar-refractivity contribution is 7.71. The number of hydrazine groups is 1. The van der Waals surface area contributed by atoms with E-state index in [0.29, 0.717) is 22.6 Å². The van der Waals surface area contributed by atoms with E-state index in [1.807, 2.05) is 0 Å². The number of fused-ring (bicyclic) bond motifs is 1. The van der Waals surface area contributed by atoms with E-state index < -0.39 is 23.5 Å². The monoisotopic (exact) mass is 458 g/mol. The number of aromatic nitrogens is 2. The Labute approximate surface area is 187 Å². The van der Waals surface area contributed by atoms with Crippen LogP contribution in [0, 0.1) is 18.6 Å². The molecule has 0 bridgehead atoms. The van der Waals surface area contributed by atoms with E-state index in [1.165, 1.54) is 19.1 Å². The summed E-state index contributed by atoms with van der Waals surface area (Å²) in [5.74, 6) is -0.729. The summed E-state index contributed by atoms with van der Waals surface area (Å²) >= 11 is 4.89. The number of carbonyl (C=O) groups is 2. The summed E-state index contributed by atoms with van der Waals surface area (Å²) in [5, 5.41) is 0.760. The average Bonchev–Trinajstić information content (AvgIpc) is 2.70. The van der Waals surface area contributed by atoms with Gasteiger partial charge in [-0.1, -0.05) is 0 Å². The molecule has 0 spiro atoms. The van der Waals surface area contributed by atoms with Gasteiger partial charge in [0.25, 0.3) is 11.5 Å². The molecular weight excluding hydrogens is 436 g/mol. The third-order valence-corrected chi connectivity index (χ3v) is 4.99. The molecule has 3 rings (SSSR count). The van der Waals surface area contributed by atoms with E-state index in [1.54, 1.807) is 26.0 Å². The lowest BCUT2D eigenvalue weighted by Crippen LogP contribution is -2.47. The number of benzene rings is 1. The summed E-state index contributed by atoms with van der Waals surface area (Å²) in [6.07, 6.45) is -0.792. The summed E-state index contributed by atoms with van der Waals surface area (Å²) in [6, 6.07) is 6.31. The van der Waals surface area contributed by atoms with Crippen molar-refractivity contribution in [3.8, 4) is 5.75 Å². The Bertz CT molecular complexity index is 1360. The van der Waals surface area contributed by atoms with Gasteiger partial charge in [0.05, 0.1) is 0 Å². The molecule has 1 atom stereocenters. The molecule has 0 aliphatic carbocycles. The van der Waals surface area contributed by atoms with Crippen molar-refractivity contribution in [2.75, 3.05) is 0 Å². The lowest BCUT2D eigenvalue weighted by Gasteiger charge is -2.15. The predicted molar refractivity (Wildman–Crippen MR) is 119 cm³/mol. The van der Waals surface area contributed by atoms with Crippen LogP contribution >= 0.6 is 12.2 Å². The third-order valence-electron chi connectivity index (χ3n) is 4.79. The van der Waals surface area contributed by atoms with Gasteiger partial charge in [0.15, 0.2) is 10.9 Å². The second-order valence-corrected chi connectivity index (χ2v) is 7.62. The quantitative estimate of drug-likeness (QED) is 0.250. The molecule has 0 saturated carbocycles. The van der Waals surface area contributed by atoms with Gasteiger partial charge in [0.1, 0.15) is 11.3 Å². The van der Waals surface area contributed by atoms with Gasteiger partial charge < -0.3 is 14.1 Å². The number of aromatic amines is 2. The molecule has 32 heavy (non-hydrogen) atoms. The predicted octanol–water partition coefficient (Wildman–Crippen LogP) is 1.70. The second-order valence-electron chi connectivity index (χ2n) is 7.22. The van der Waals surface area contributed by atoms with Crippen LogP contribution in [0.15, 0.2) is 38.3 Å². The van der Waals surface area contributed by atoms with Gasteiger partial charge in [-0.25, -0.2) is 4.79 Å². The van der Waals surface area contributed by atoms with Crippen LogP contribution in [0.25, 0.3) is 11.0 Å². The van der Waals surface area contributed by atoms with Crippen molar-refractivity contribution >= 4 is 35.0 Å². The molecule has 0 radical (unpaired) electrons. The fourth-order valence-corrected chi connectivity index (χ4v) is 3.34. The summed E-state index contributed by atoms with van der Waals surface area (Å²) in [6.45, 7) is 4.99. The van der Waals surface area contributed by atoms with Gasteiger partial charge in [-0.2, -0.15) is 0 Å². The maximum Gasteiger partial charge on any atom is 0.336 e. The molecule has 0 aliphatic heterocycles. The average molecular weight is 458 g/mol. The molecule has 0 saturated heterocycles. The number of aryl methyl sites for hydroxylation is 2. The Morgan fingerprint density at radius 1 is 1.16 bits per heavy atom. The van der Waals surface area contributed by atoms with E-state index in [9.17, 15) is 19.2 Å². The lowest BCUT2D eigenvalue weighted by atomic mass is 10.1. The molecule has 168 valence electrons. The van der Waals surface area contributed by atoms with Crippen molar-refractivity contribution in [3.05, 3.63) is 66.6 Å². The van der Waals surface area contributed by atoms with Crippen LogP contribution in [0.3, 0.4) is 0 Å². The summed E-state index contributed by atoms with van der Waals surface area (Å²) < 4.78 is 11.0. The molecule has 4 N–H and O–H groups in total. The Balaban J connectivity index is 1.54. The van der Waals surface area contributed by atoms with Gasteiger partial charge >= 0.3 is 5.63 Å². The lowest BCUT2D eigenvalue weighted by molar-refractivity contribution is -0.132. The third kappa shape index (κ3) is 5.49. The molecule has 1 aromatic carbocycles. The van der Waals surface area contributed by atoms with Gasteiger partial charge in [-0.3, -0.25) is 30.2 Å². The molecule has 3 aromatic rings. The Morgan fingerprint density at radius 3 is 2.62 bits per heavy atom. The van der Waals surface area contributed by atoms with Crippen LogP contribution in [0.5, 0.6) is 5.75 Å².